The predicted molar refractivity (Wildman–Crippen MR) is 57.6 cm³/mol. The third-order valence-corrected chi connectivity index (χ3v) is 2.44. The lowest BCUT2D eigenvalue weighted by atomic mass is 10.3. The molecule has 0 amide bonds. The zero-order valence-electron chi connectivity index (χ0n) is 8.47. The van der Waals surface area contributed by atoms with Gasteiger partial charge < -0.3 is 12.4 Å². The largest absolute Gasteiger partial charge is 1.00 e. The van der Waals surface area contributed by atoms with Gasteiger partial charge in [0.2, 0.25) is 6.33 Å². The monoisotopic (exact) mass is 231 g/mol. The van der Waals surface area contributed by atoms with Gasteiger partial charge >= 0.3 is 0 Å². The predicted octanol–water partition coefficient (Wildman–Crippen LogP) is -1.16. The van der Waals surface area contributed by atoms with Crippen LogP contribution >= 0.6 is 0 Å². The highest BCUT2D eigenvalue weighted by Gasteiger charge is 2.09. The summed E-state index contributed by atoms with van der Waals surface area (Å²) < 4.78 is 2.11. The highest BCUT2D eigenvalue weighted by molar-refractivity contribution is 5.69. The van der Waals surface area contributed by atoms with Gasteiger partial charge in [-0.1, -0.05) is 18.2 Å². The number of halogens is 1. The molecule has 1 N–H and O–H groups in total. The molecule has 0 atom stereocenters. The number of H-pyrrole nitrogens is 1. The van der Waals surface area contributed by atoms with Gasteiger partial charge in [0, 0.05) is 12.3 Å². The summed E-state index contributed by atoms with van der Waals surface area (Å²) in [5.74, 6) is 0. The summed E-state index contributed by atoms with van der Waals surface area (Å²) in [6, 6.07) is 12.2. The van der Waals surface area contributed by atoms with Gasteiger partial charge in [-0.25, -0.2) is 4.98 Å². The fourth-order valence-corrected chi connectivity index (χ4v) is 1.71. The Morgan fingerprint density at radius 2 is 1.88 bits per heavy atom. The first-order chi connectivity index (χ1) is 7.45. The van der Waals surface area contributed by atoms with Crippen molar-refractivity contribution in [3.63, 3.8) is 0 Å². The summed E-state index contributed by atoms with van der Waals surface area (Å²) in [6.45, 7) is 0. The van der Waals surface area contributed by atoms with Crippen molar-refractivity contribution in [2.45, 2.75) is 0 Å². The molecule has 0 aliphatic heterocycles. The molecule has 3 rings (SSSR count). The van der Waals surface area contributed by atoms with Crippen LogP contribution in [0.25, 0.3) is 16.7 Å². The van der Waals surface area contributed by atoms with Gasteiger partial charge in [-0.3, -0.25) is 4.98 Å². The third-order valence-electron chi connectivity index (χ3n) is 2.44. The van der Waals surface area contributed by atoms with Crippen LogP contribution in [0.3, 0.4) is 0 Å². The summed E-state index contributed by atoms with van der Waals surface area (Å²) >= 11 is 0. The Morgan fingerprint density at radius 1 is 1.06 bits per heavy atom. The Labute approximate surface area is 99.2 Å². The van der Waals surface area contributed by atoms with Crippen LogP contribution in [0.4, 0.5) is 0 Å². The van der Waals surface area contributed by atoms with E-state index in [1.165, 1.54) is 0 Å². The number of nitrogens with one attached hydrogen (secondary N) is 1. The average Bonchev–Trinajstić information content (AvgIpc) is 2.74. The maximum absolute atomic E-state index is 4.08. The second-order valence-electron chi connectivity index (χ2n) is 3.37. The highest BCUT2D eigenvalue weighted by atomic mass is 35.5. The van der Waals surface area contributed by atoms with Gasteiger partial charge in [-0.05, 0) is 12.1 Å². The van der Waals surface area contributed by atoms with E-state index < -0.39 is 0 Å². The minimum Gasteiger partial charge on any atom is -1.00 e. The van der Waals surface area contributed by atoms with E-state index in [1.54, 1.807) is 6.20 Å². The van der Waals surface area contributed by atoms with Crippen LogP contribution in [0.15, 0.2) is 55.1 Å². The summed E-state index contributed by atoms with van der Waals surface area (Å²) in [6.07, 6.45) is 5.58. The minimum absolute atomic E-state index is 0. The molecule has 0 saturated carbocycles. The zero-order valence-corrected chi connectivity index (χ0v) is 9.22. The second kappa shape index (κ2) is 4.33. The molecule has 0 radical (unpaired) electrons. The van der Waals surface area contributed by atoms with E-state index in [9.17, 15) is 0 Å². The van der Waals surface area contributed by atoms with Crippen molar-refractivity contribution < 1.29 is 17.0 Å². The Hall–Kier alpha value is -1.87. The molecule has 4 heteroatoms. The zero-order chi connectivity index (χ0) is 10.1. The summed E-state index contributed by atoms with van der Waals surface area (Å²) in [5, 5.41) is 0. The van der Waals surface area contributed by atoms with Crippen molar-refractivity contribution in [3.8, 4) is 5.69 Å². The summed E-state index contributed by atoms with van der Waals surface area (Å²) in [7, 11) is 0. The van der Waals surface area contributed by atoms with E-state index in [2.05, 4.69) is 26.7 Å². The Balaban J connectivity index is 0.000000963. The van der Waals surface area contributed by atoms with Crippen LogP contribution in [-0.2, 0) is 0 Å². The maximum atomic E-state index is 4.08. The van der Waals surface area contributed by atoms with E-state index >= 15 is 0 Å². The van der Waals surface area contributed by atoms with E-state index in [4.69, 9.17) is 0 Å². The fourth-order valence-electron chi connectivity index (χ4n) is 1.71. The van der Waals surface area contributed by atoms with Gasteiger partial charge in [0.25, 0.3) is 0 Å². The van der Waals surface area contributed by atoms with Crippen LogP contribution in [0.5, 0.6) is 0 Å². The van der Waals surface area contributed by atoms with Crippen molar-refractivity contribution >= 4 is 11.0 Å². The lowest BCUT2D eigenvalue weighted by Gasteiger charge is -1.95. The number of nitrogens with zero attached hydrogens (tertiary/aromatic N) is 2. The Kier molecular flexibility index (Phi) is 2.88. The van der Waals surface area contributed by atoms with Crippen LogP contribution in [0.1, 0.15) is 0 Å². The van der Waals surface area contributed by atoms with E-state index in [0.29, 0.717) is 0 Å². The van der Waals surface area contributed by atoms with Crippen molar-refractivity contribution in [1.82, 2.24) is 9.97 Å². The Bertz CT molecular complexity index is 589. The van der Waals surface area contributed by atoms with E-state index in [-0.39, 0.29) is 12.4 Å². The highest BCUT2D eigenvalue weighted by Crippen LogP contribution is 2.07. The SMILES string of the molecule is [Cl-].c1ccc(-[n+]2c[nH]c3cnccc32)cc1. The van der Waals surface area contributed by atoms with Crippen LogP contribution in [0, 0.1) is 0 Å². The van der Waals surface area contributed by atoms with Gasteiger partial charge in [-0.2, -0.15) is 4.57 Å². The maximum Gasteiger partial charge on any atom is 0.247 e. The number of aromatic amines is 1. The second-order valence-corrected chi connectivity index (χ2v) is 3.37. The number of aromatic nitrogens is 3. The molecule has 0 fully saturated rings. The van der Waals surface area contributed by atoms with E-state index in [0.717, 1.165) is 16.7 Å². The molecule has 0 aliphatic rings. The molecule has 2 heterocycles. The number of pyridine rings is 1. The molecule has 2 aromatic heterocycles. The molecule has 0 aliphatic carbocycles. The molecular formula is C12H10ClN3. The van der Waals surface area contributed by atoms with E-state index in [1.807, 2.05) is 36.8 Å². The molecule has 3 nitrogen and oxygen atoms in total. The lowest BCUT2D eigenvalue weighted by molar-refractivity contribution is -0.567. The lowest BCUT2D eigenvalue weighted by Crippen LogP contribution is -3.00. The fraction of sp³-hybridized carbons (Fsp3) is 0. The van der Waals surface area contributed by atoms with Gasteiger partial charge in [0.15, 0.2) is 11.0 Å². The third kappa shape index (κ3) is 1.66. The van der Waals surface area contributed by atoms with Crippen molar-refractivity contribution in [2.75, 3.05) is 0 Å². The summed E-state index contributed by atoms with van der Waals surface area (Å²) in [5.41, 5.74) is 3.33. The van der Waals surface area contributed by atoms with Crippen molar-refractivity contribution in [1.29, 1.82) is 0 Å². The molecule has 0 saturated heterocycles. The van der Waals surface area contributed by atoms with Gasteiger partial charge in [0.1, 0.15) is 5.69 Å². The molecular weight excluding hydrogens is 222 g/mol. The van der Waals surface area contributed by atoms with Crippen molar-refractivity contribution in [2.24, 2.45) is 0 Å². The number of fused-ring (bicyclic) bond motifs is 1. The first kappa shape index (κ1) is 10.6. The molecule has 80 valence electrons. The first-order valence-electron chi connectivity index (χ1n) is 4.83. The van der Waals surface area contributed by atoms with Gasteiger partial charge in [0.05, 0.1) is 6.20 Å². The summed E-state index contributed by atoms with van der Waals surface area (Å²) in [4.78, 5) is 7.26. The number of hydrogen-bond donors (Lipinski definition) is 1. The van der Waals surface area contributed by atoms with Crippen LogP contribution < -0.4 is 17.0 Å². The topological polar surface area (TPSA) is 32.6 Å². The first-order valence-corrected chi connectivity index (χ1v) is 4.83. The normalized spacial score (nSPS) is 10.0. The smallest absolute Gasteiger partial charge is 0.247 e. The average molecular weight is 232 g/mol. The quantitative estimate of drug-likeness (QED) is 0.527. The standard InChI is InChI=1S/C12H9N3.ClH/c1-2-4-10(5-3-1)15-9-14-11-8-13-7-6-12(11)15;/h1-9H;1H. The minimum atomic E-state index is 0. The number of rotatable bonds is 1. The molecule has 0 spiro atoms. The molecule has 16 heavy (non-hydrogen) atoms. The van der Waals surface area contributed by atoms with Crippen LogP contribution in [0.2, 0.25) is 0 Å². The Morgan fingerprint density at radius 3 is 2.69 bits per heavy atom. The number of imidazole rings is 1. The number of benzene rings is 1. The molecule has 0 unspecified atom stereocenters. The molecule has 0 bridgehead atoms. The number of para-hydroxylation sites is 1. The van der Waals surface area contributed by atoms with Crippen molar-refractivity contribution in [3.05, 3.63) is 55.1 Å². The molecule has 1 aromatic carbocycles. The van der Waals surface area contributed by atoms with Crippen LogP contribution in [-0.4, -0.2) is 9.97 Å². The van der Waals surface area contributed by atoms with Gasteiger partial charge in [-0.15, -0.1) is 0 Å². The molecule has 3 aromatic rings. The number of hydrogen-bond acceptors (Lipinski definition) is 1.